The van der Waals surface area contributed by atoms with Crippen molar-refractivity contribution >= 4 is 17.4 Å². The molecule has 1 unspecified atom stereocenters. The summed E-state index contributed by atoms with van der Waals surface area (Å²) >= 11 is 0. The molecule has 3 rings (SSSR count). The zero-order valence-corrected chi connectivity index (χ0v) is 18.3. The van der Waals surface area contributed by atoms with Gasteiger partial charge in [0.15, 0.2) is 0 Å². The molecule has 2 aromatic rings. The number of carbonyl (C=O) groups excluding carboxylic acids is 1. The quantitative estimate of drug-likeness (QED) is 0.646. The van der Waals surface area contributed by atoms with Gasteiger partial charge in [0.05, 0.1) is 0 Å². The molecule has 2 aromatic carbocycles. The Labute approximate surface area is 179 Å². The second-order valence-electron chi connectivity index (χ2n) is 8.13. The molecule has 1 fully saturated rings. The maximum Gasteiger partial charge on any atom is 0.319 e. The summed E-state index contributed by atoms with van der Waals surface area (Å²) in [5.74, 6) is 0.272. The molecule has 1 saturated heterocycles. The first kappa shape index (κ1) is 22.0. The Morgan fingerprint density at radius 3 is 2.43 bits per heavy atom. The van der Waals surface area contributed by atoms with Crippen molar-refractivity contribution in [2.24, 2.45) is 0 Å². The minimum atomic E-state index is -0.180. The third-order valence-corrected chi connectivity index (χ3v) is 5.82. The van der Waals surface area contributed by atoms with Crippen molar-refractivity contribution < 1.29 is 9.90 Å². The molecular formula is C24H34N4O2. The molecular weight excluding hydrogens is 376 g/mol. The van der Waals surface area contributed by atoms with Crippen LogP contribution in [0.4, 0.5) is 16.2 Å². The van der Waals surface area contributed by atoms with Crippen LogP contribution in [0.3, 0.4) is 0 Å². The molecule has 0 bridgehead atoms. The number of amides is 2. The summed E-state index contributed by atoms with van der Waals surface area (Å²) < 4.78 is 0. The predicted molar refractivity (Wildman–Crippen MR) is 124 cm³/mol. The molecule has 1 aliphatic rings. The van der Waals surface area contributed by atoms with Gasteiger partial charge in [0, 0.05) is 43.6 Å². The van der Waals surface area contributed by atoms with Crippen LogP contribution < -0.4 is 15.5 Å². The fraction of sp³-hybridized carbons (Fsp3) is 0.458. The Kier molecular flexibility index (Phi) is 7.57. The number of hydrogen-bond donors (Lipinski definition) is 3. The number of aromatic hydroxyl groups is 1. The standard InChI is InChI=1S/C24H34N4O2/c1-4-27-13-15-28(16-14-27)21-9-12-23(18(2)17-21)26-24(30)25-19(3)5-6-20-7-10-22(29)11-8-20/h7-12,17,19,29H,4-6,13-16H2,1-3H3,(H2,25,26,30). The van der Waals surface area contributed by atoms with Crippen LogP contribution in [0.1, 0.15) is 31.4 Å². The van der Waals surface area contributed by atoms with Gasteiger partial charge >= 0.3 is 6.03 Å². The van der Waals surface area contributed by atoms with E-state index in [1.165, 1.54) is 5.69 Å². The lowest BCUT2D eigenvalue weighted by molar-refractivity contribution is 0.248. The fourth-order valence-electron chi connectivity index (χ4n) is 3.81. The van der Waals surface area contributed by atoms with Crippen molar-refractivity contribution in [1.82, 2.24) is 10.2 Å². The van der Waals surface area contributed by atoms with E-state index in [4.69, 9.17) is 0 Å². The molecule has 1 heterocycles. The number of likely N-dealkylation sites (N-methyl/N-ethyl adjacent to an activating group) is 1. The van der Waals surface area contributed by atoms with Crippen LogP contribution in [0.5, 0.6) is 5.75 Å². The lowest BCUT2D eigenvalue weighted by Gasteiger charge is -2.35. The number of hydrogen-bond acceptors (Lipinski definition) is 4. The normalized spacial score (nSPS) is 15.6. The number of nitrogens with one attached hydrogen (secondary N) is 2. The smallest absolute Gasteiger partial charge is 0.319 e. The molecule has 2 amide bonds. The summed E-state index contributed by atoms with van der Waals surface area (Å²) in [6, 6.07) is 13.3. The van der Waals surface area contributed by atoms with E-state index < -0.39 is 0 Å². The lowest BCUT2D eigenvalue weighted by Crippen LogP contribution is -2.46. The van der Waals surface area contributed by atoms with Gasteiger partial charge in [0.2, 0.25) is 0 Å². The average Bonchev–Trinajstić information content (AvgIpc) is 2.75. The highest BCUT2D eigenvalue weighted by Crippen LogP contribution is 2.24. The van der Waals surface area contributed by atoms with Crippen molar-refractivity contribution in [3.63, 3.8) is 0 Å². The second kappa shape index (κ2) is 10.3. The Balaban J connectivity index is 1.48. The van der Waals surface area contributed by atoms with E-state index in [-0.39, 0.29) is 17.8 Å². The van der Waals surface area contributed by atoms with Gasteiger partial charge in [-0.2, -0.15) is 0 Å². The number of piperazine rings is 1. The third-order valence-electron chi connectivity index (χ3n) is 5.82. The van der Waals surface area contributed by atoms with Crippen LogP contribution in [0.2, 0.25) is 0 Å². The van der Waals surface area contributed by atoms with Gasteiger partial charge in [-0.25, -0.2) is 4.79 Å². The molecule has 0 saturated carbocycles. The van der Waals surface area contributed by atoms with E-state index in [9.17, 15) is 9.90 Å². The van der Waals surface area contributed by atoms with E-state index in [1.807, 2.05) is 32.0 Å². The van der Waals surface area contributed by atoms with Gasteiger partial charge < -0.3 is 25.5 Å². The Morgan fingerprint density at radius 2 is 1.80 bits per heavy atom. The zero-order valence-electron chi connectivity index (χ0n) is 18.3. The van der Waals surface area contributed by atoms with Gasteiger partial charge in [0.25, 0.3) is 0 Å². The number of urea groups is 1. The van der Waals surface area contributed by atoms with Gasteiger partial charge in [-0.15, -0.1) is 0 Å². The van der Waals surface area contributed by atoms with Crippen LogP contribution in [0, 0.1) is 6.92 Å². The van der Waals surface area contributed by atoms with Crippen LogP contribution >= 0.6 is 0 Å². The zero-order chi connectivity index (χ0) is 21.5. The van der Waals surface area contributed by atoms with Crippen LogP contribution in [-0.4, -0.2) is 54.8 Å². The van der Waals surface area contributed by atoms with Gasteiger partial charge in [-0.05, 0) is 74.7 Å². The molecule has 30 heavy (non-hydrogen) atoms. The van der Waals surface area contributed by atoms with Crippen molar-refractivity contribution in [1.29, 1.82) is 0 Å². The SMILES string of the molecule is CCN1CCN(c2ccc(NC(=O)NC(C)CCc3ccc(O)cc3)c(C)c2)CC1. The second-order valence-corrected chi connectivity index (χ2v) is 8.13. The monoisotopic (exact) mass is 410 g/mol. The first-order chi connectivity index (χ1) is 14.4. The molecule has 3 N–H and O–H groups in total. The number of benzene rings is 2. The highest BCUT2D eigenvalue weighted by atomic mass is 16.3. The molecule has 1 atom stereocenters. The number of phenols is 1. The summed E-state index contributed by atoms with van der Waals surface area (Å²) in [7, 11) is 0. The maximum absolute atomic E-state index is 12.4. The summed E-state index contributed by atoms with van der Waals surface area (Å²) in [6.07, 6.45) is 1.68. The van der Waals surface area contributed by atoms with Crippen molar-refractivity contribution in [2.45, 2.75) is 39.7 Å². The van der Waals surface area contributed by atoms with Crippen LogP contribution in [0.25, 0.3) is 0 Å². The van der Waals surface area contributed by atoms with E-state index in [2.05, 4.69) is 39.5 Å². The molecule has 0 aliphatic carbocycles. The van der Waals surface area contributed by atoms with Gasteiger partial charge in [0.1, 0.15) is 5.75 Å². The van der Waals surface area contributed by atoms with E-state index in [0.717, 1.165) is 62.4 Å². The summed E-state index contributed by atoms with van der Waals surface area (Å²) in [6.45, 7) is 11.6. The highest BCUT2D eigenvalue weighted by molar-refractivity contribution is 5.90. The maximum atomic E-state index is 12.4. The van der Waals surface area contributed by atoms with Crippen molar-refractivity contribution in [2.75, 3.05) is 42.9 Å². The first-order valence-electron chi connectivity index (χ1n) is 10.9. The van der Waals surface area contributed by atoms with Crippen LogP contribution in [0.15, 0.2) is 42.5 Å². The molecule has 0 aromatic heterocycles. The first-order valence-corrected chi connectivity index (χ1v) is 10.9. The number of carbonyl (C=O) groups is 1. The molecule has 0 radical (unpaired) electrons. The number of aryl methyl sites for hydroxylation is 2. The minimum Gasteiger partial charge on any atom is -0.508 e. The largest absolute Gasteiger partial charge is 0.508 e. The van der Waals surface area contributed by atoms with E-state index in [1.54, 1.807) is 12.1 Å². The molecule has 6 heteroatoms. The Hall–Kier alpha value is -2.73. The molecule has 0 spiro atoms. The fourth-order valence-corrected chi connectivity index (χ4v) is 3.81. The molecule has 1 aliphatic heterocycles. The number of anilines is 2. The summed E-state index contributed by atoms with van der Waals surface area (Å²) in [5.41, 5.74) is 4.27. The Bertz CT molecular complexity index is 830. The highest BCUT2D eigenvalue weighted by Gasteiger charge is 2.17. The van der Waals surface area contributed by atoms with E-state index in [0.29, 0.717) is 0 Å². The number of phenolic OH excluding ortho intramolecular Hbond substituents is 1. The summed E-state index contributed by atoms with van der Waals surface area (Å²) in [5, 5.41) is 15.4. The van der Waals surface area contributed by atoms with Gasteiger partial charge in [-0.1, -0.05) is 19.1 Å². The Morgan fingerprint density at radius 1 is 1.10 bits per heavy atom. The number of rotatable bonds is 7. The molecule has 6 nitrogen and oxygen atoms in total. The third kappa shape index (κ3) is 6.13. The van der Waals surface area contributed by atoms with Gasteiger partial charge in [-0.3, -0.25) is 0 Å². The van der Waals surface area contributed by atoms with Crippen molar-refractivity contribution in [3.8, 4) is 5.75 Å². The predicted octanol–water partition coefficient (Wildman–Crippen LogP) is 3.99. The average molecular weight is 411 g/mol. The van der Waals surface area contributed by atoms with E-state index >= 15 is 0 Å². The lowest BCUT2D eigenvalue weighted by atomic mass is 10.1. The minimum absolute atomic E-state index is 0.0493. The van der Waals surface area contributed by atoms with Crippen molar-refractivity contribution in [3.05, 3.63) is 53.6 Å². The van der Waals surface area contributed by atoms with Crippen LogP contribution in [-0.2, 0) is 6.42 Å². The topological polar surface area (TPSA) is 67.8 Å². The molecule has 162 valence electrons. The number of nitrogens with zero attached hydrogens (tertiary/aromatic N) is 2. The summed E-state index contributed by atoms with van der Waals surface area (Å²) in [4.78, 5) is 17.3.